The van der Waals surface area contributed by atoms with Crippen LogP contribution in [0.25, 0.3) is 0 Å². The average Bonchev–Trinajstić information content (AvgIpc) is 3.00. The lowest BCUT2D eigenvalue weighted by atomic mass is 10.2. The topological polar surface area (TPSA) is 41.9 Å². The van der Waals surface area contributed by atoms with E-state index in [0.717, 1.165) is 24.4 Å². The third-order valence-electron chi connectivity index (χ3n) is 3.69. The quantitative estimate of drug-likeness (QED) is 0.807. The molecule has 4 nitrogen and oxygen atoms in total. The predicted octanol–water partition coefficient (Wildman–Crippen LogP) is 3.77. The molecule has 1 aliphatic rings. The zero-order valence-corrected chi connectivity index (χ0v) is 12.8. The number of halogens is 1. The van der Waals surface area contributed by atoms with Crippen LogP contribution in [0.15, 0.2) is 53.6 Å². The number of hydrazone groups is 1. The number of benzene rings is 2. The predicted molar refractivity (Wildman–Crippen MR) is 87.0 cm³/mol. The van der Waals surface area contributed by atoms with Crippen molar-refractivity contribution in [3.63, 3.8) is 0 Å². The van der Waals surface area contributed by atoms with Gasteiger partial charge in [0.2, 0.25) is 0 Å². The van der Waals surface area contributed by atoms with Crippen molar-refractivity contribution in [2.45, 2.75) is 20.0 Å². The Balaban J connectivity index is 1.63. The van der Waals surface area contributed by atoms with E-state index >= 15 is 0 Å². The molecule has 0 radical (unpaired) electrons. The summed E-state index contributed by atoms with van der Waals surface area (Å²) in [5, 5.41) is 6.32. The second-order valence-electron chi connectivity index (χ2n) is 5.42. The van der Waals surface area contributed by atoms with E-state index in [-0.39, 0.29) is 12.4 Å². The Morgan fingerprint density at radius 3 is 2.61 bits per heavy atom. The maximum Gasteiger partial charge on any atom is 0.338 e. The Morgan fingerprint density at radius 1 is 1.22 bits per heavy atom. The molecule has 0 spiro atoms. The van der Waals surface area contributed by atoms with Crippen LogP contribution in [0.3, 0.4) is 0 Å². The van der Waals surface area contributed by atoms with Gasteiger partial charge in [0.1, 0.15) is 12.4 Å². The van der Waals surface area contributed by atoms with Crippen molar-refractivity contribution in [1.29, 1.82) is 0 Å². The summed E-state index contributed by atoms with van der Waals surface area (Å²) in [4.78, 5) is 12.0. The summed E-state index contributed by atoms with van der Waals surface area (Å²) in [6.45, 7) is 2.76. The normalized spacial score (nSPS) is 13.8. The van der Waals surface area contributed by atoms with Crippen LogP contribution in [0.5, 0.6) is 0 Å². The molecule has 0 atom stereocenters. The number of esters is 1. The van der Waals surface area contributed by atoms with Gasteiger partial charge in [0.15, 0.2) is 0 Å². The van der Waals surface area contributed by atoms with Gasteiger partial charge in [-0.3, -0.25) is 5.01 Å². The van der Waals surface area contributed by atoms with Crippen molar-refractivity contribution < 1.29 is 13.9 Å². The molecule has 0 fully saturated rings. The van der Waals surface area contributed by atoms with Crippen molar-refractivity contribution in [3.05, 3.63) is 65.5 Å². The van der Waals surface area contributed by atoms with Gasteiger partial charge >= 0.3 is 5.97 Å². The molecule has 0 N–H and O–H groups in total. The van der Waals surface area contributed by atoms with Gasteiger partial charge in [-0.05, 0) is 37.3 Å². The number of carbonyl (C=O) groups excluding carboxylic acids is 1. The Kier molecular flexibility index (Phi) is 4.37. The number of nitrogens with zero attached hydrogens (tertiary/aromatic N) is 2. The van der Waals surface area contributed by atoms with Crippen molar-refractivity contribution in [3.8, 4) is 0 Å². The summed E-state index contributed by atoms with van der Waals surface area (Å²) in [7, 11) is 0. The van der Waals surface area contributed by atoms with Crippen molar-refractivity contribution in [2.75, 3.05) is 11.6 Å². The summed E-state index contributed by atoms with van der Waals surface area (Å²) in [5.41, 5.74) is 2.83. The van der Waals surface area contributed by atoms with Crippen molar-refractivity contribution >= 4 is 17.4 Å². The second kappa shape index (κ2) is 6.60. The zero-order valence-electron chi connectivity index (χ0n) is 12.8. The first-order valence-corrected chi connectivity index (χ1v) is 7.46. The Bertz CT molecular complexity index is 741. The monoisotopic (exact) mass is 312 g/mol. The fourth-order valence-corrected chi connectivity index (χ4v) is 2.37. The van der Waals surface area contributed by atoms with Gasteiger partial charge < -0.3 is 4.74 Å². The van der Waals surface area contributed by atoms with E-state index in [2.05, 4.69) is 5.10 Å². The Labute approximate surface area is 134 Å². The summed E-state index contributed by atoms with van der Waals surface area (Å²) >= 11 is 0. The number of carbonyl (C=O) groups is 1. The van der Waals surface area contributed by atoms with Crippen LogP contribution >= 0.6 is 0 Å². The smallest absolute Gasteiger partial charge is 0.338 e. The molecule has 0 unspecified atom stereocenters. The first-order valence-electron chi connectivity index (χ1n) is 7.46. The van der Waals surface area contributed by atoms with Crippen LogP contribution in [0.2, 0.25) is 0 Å². The molecule has 0 aromatic heterocycles. The molecule has 3 rings (SSSR count). The Morgan fingerprint density at radius 2 is 1.96 bits per heavy atom. The molecule has 0 saturated heterocycles. The van der Waals surface area contributed by atoms with Crippen LogP contribution in [-0.4, -0.2) is 18.2 Å². The molecular formula is C18H17FN2O2. The summed E-state index contributed by atoms with van der Waals surface area (Å²) in [6.07, 6.45) is 0.951. The third-order valence-corrected chi connectivity index (χ3v) is 3.69. The highest BCUT2D eigenvalue weighted by Gasteiger charge is 2.14. The minimum absolute atomic E-state index is 0.0805. The van der Waals surface area contributed by atoms with Crippen LogP contribution in [0.1, 0.15) is 29.3 Å². The first-order chi connectivity index (χ1) is 11.1. The van der Waals surface area contributed by atoms with Gasteiger partial charge in [0.25, 0.3) is 0 Å². The van der Waals surface area contributed by atoms with E-state index in [9.17, 15) is 9.18 Å². The summed E-state index contributed by atoms with van der Waals surface area (Å²) < 4.78 is 18.6. The van der Waals surface area contributed by atoms with Gasteiger partial charge in [-0.2, -0.15) is 5.10 Å². The van der Waals surface area contributed by atoms with Gasteiger partial charge in [-0.1, -0.05) is 18.2 Å². The molecular weight excluding hydrogens is 295 g/mol. The lowest BCUT2D eigenvalue weighted by Crippen LogP contribution is -2.12. The molecule has 0 amide bonds. The molecule has 2 aromatic rings. The zero-order chi connectivity index (χ0) is 16.2. The molecule has 2 aromatic carbocycles. The highest BCUT2D eigenvalue weighted by molar-refractivity contribution is 5.90. The van der Waals surface area contributed by atoms with Crippen molar-refractivity contribution in [1.82, 2.24) is 0 Å². The van der Waals surface area contributed by atoms with Crippen LogP contribution in [-0.2, 0) is 11.3 Å². The number of hydrogen-bond acceptors (Lipinski definition) is 4. The SMILES string of the molecule is CC1=NN(c2ccc(C(=O)OCc3ccccc3F)cc2)CC1. The van der Waals surface area contributed by atoms with Crippen LogP contribution < -0.4 is 5.01 Å². The van der Waals surface area contributed by atoms with Crippen LogP contribution in [0.4, 0.5) is 10.1 Å². The van der Waals surface area contributed by atoms with E-state index in [1.807, 2.05) is 24.1 Å². The van der Waals surface area contributed by atoms with Crippen molar-refractivity contribution in [2.24, 2.45) is 5.10 Å². The van der Waals surface area contributed by atoms with Gasteiger partial charge in [-0.25, -0.2) is 9.18 Å². The standard InChI is InChI=1S/C18H17FN2O2/c1-13-10-11-21(20-13)16-8-6-14(7-9-16)18(22)23-12-15-4-2-3-5-17(15)19/h2-9H,10-12H2,1H3. The first kappa shape index (κ1) is 15.2. The molecule has 0 bridgehead atoms. The molecule has 0 saturated carbocycles. The fraction of sp³-hybridized carbons (Fsp3) is 0.222. The van der Waals surface area contributed by atoms with E-state index < -0.39 is 5.97 Å². The molecule has 118 valence electrons. The highest BCUT2D eigenvalue weighted by atomic mass is 19.1. The fourth-order valence-electron chi connectivity index (χ4n) is 2.37. The second-order valence-corrected chi connectivity index (χ2v) is 5.42. The lowest BCUT2D eigenvalue weighted by molar-refractivity contribution is 0.0469. The largest absolute Gasteiger partial charge is 0.457 e. The minimum Gasteiger partial charge on any atom is -0.457 e. The third kappa shape index (κ3) is 3.56. The maximum absolute atomic E-state index is 13.5. The summed E-state index contributed by atoms with van der Waals surface area (Å²) in [5.74, 6) is -0.848. The van der Waals surface area contributed by atoms with E-state index in [1.54, 1.807) is 30.3 Å². The van der Waals surface area contributed by atoms with Gasteiger partial charge in [0.05, 0.1) is 11.3 Å². The minimum atomic E-state index is -0.471. The highest BCUT2D eigenvalue weighted by Crippen LogP contribution is 2.20. The molecule has 5 heteroatoms. The number of ether oxygens (including phenoxy) is 1. The van der Waals surface area contributed by atoms with E-state index in [1.165, 1.54) is 6.07 Å². The average molecular weight is 312 g/mol. The summed E-state index contributed by atoms with van der Waals surface area (Å²) in [6, 6.07) is 13.3. The maximum atomic E-state index is 13.5. The van der Waals surface area contributed by atoms with E-state index in [4.69, 9.17) is 4.74 Å². The van der Waals surface area contributed by atoms with E-state index in [0.29, 0.717) is 11.1 Å². The lowest BCUT2D eigenvalue weighted by Gasteiger charge is -2.13. The molecule has 23 heavy (non-hydrogen) atoms. The van der Waals surface area contributed by atoms with Gasteiger partial charge in [-0.15, -0.1) is 0 Å². The Hall–Kier alpha value is -2.69. The number of hydrogen-bond donors (Lipinski definition) is 0. The molecule has 1 aliphatic heterocycles. The molecule has 0 aliphatic carbocycles. The van der Waals surface area contributed by atoms with Gasteiger partial charge in [0, 0.05) is 24.2 Å². The number of anilines is 1. The number of rotatable bonds is 4. The van der Waals surface area contributed by atoms with Crippen LogP contribution in [0, 0.1) is 5.82 Å². The molecule has 1 heterocycles.